The largest absolute Gasteiger partial charge is 0.507 e. The number of phenols is 2. The summed E-state index contributed by atoms with van der Waals surface area (Å²) in [6, 6.07) is 1.33. The van der Waals surface area contributed by atoms with Gasteiger partial charge in [0.05, 0.1) is 41.2 Å². The number of esters is 1. The molecule has 3 aliphatic heterocycles. The summed E-state index contributed by atoms with van der Waals surface area (Å²) in [5.41, 5.74) is 0.0303. The number of ketones is 1. The van der Waals surface area contributed by atoms with E-state index >= 15 is 0 Å². The summed E-state index contributed by atoms with van der Waals surface area (Å²) >= 11 is 0. The number of amides is 2. The molecule has 334 valence electrons. The molecule has 9 atom stereocenters. The lowest BCUT2D eigenvalue weighted by Gasteiger charge is -2.38. The third-order valence-electron chi connectivity index (χ3n) is 12.7. The number of hydrogen-bond donors (Lipinski definition) is 5. The zero-order chi connectivity index (χ0) is 45.1. The molecule has 2 amide bonds. The van der Waals surface area contributed by atoms with Crippen LogP contribution in [0.3, 0.4) is 0 Å². The standard InChI is InChI=1S/C46H62N2O13/c1-23-15-14-16-24(2)45(56)47-31-21-33(58-22-34(50)48(9)30-17-12-11-13-18-30)35-36(41(31)54)40(53)28(6)43-37(35)44(55)46(8,61-43)59-20-19-32(57-10)25(3)42(60-29(7)49)27(5)39(52)26(4)38(23)51/h14-16,19-21,23,25-27,30,32,38-39,42,51-54H,11-13,17-18,22H2,1-10H3,(H,47,56)/b15-14+,20-19+,24-16?. The molecule has 0 radical (unpaired) electrons. The number of Topliss-reactive ketones (excluding diaryl/α,β-unsaturated/α-hetero) is 1. The number of benzene rings is 2. The van der Waals surface area contributed by atoms with Crippen LogP contribution in [-0.4, -0.2) is 106 Å². The first kappa shape index (κ1) is 46.9. The van der Waals surface area contributed by atoms with Crippen LogP contribution in [0.1, 0.15) is 96.5 Å². The number of fused-ring (bicyclic) bond motifs is 14. The summed E-state index contributed by atoms with van der Waals surface area (Å²) in [5, 5.41) is 48.7. The van der Waals surface area contributed by atoms with E-state index in [2.05, 4.69) is 5.32 Å². The second kappa shape index (κ2) is 19.3. The van der Waals surface area contributed by atoms with Crippen molar-refractivity contribution in [3.05, 3.63) is 53.3 Å². The third kappa shape index (κ3) is 9.68. The molecular weight excluding hydrogens is 789 g/mol. The Labute approximate surface area is 357 Å². The summed E-state index contributed by atoms with van der Waals surface area (Å²) in [6.45, 7) is 12.2. The fourth-order valence-electron chi connectivity index (χ4n) is 8.66. The Morgan fingerprint density at radius 2 is 1.62 bits per heavy atom. The van der Waals surface area contributed by atoms with Gasteiger partial charge in [-0.25, -0.2) is 0 Å². The van der Waals surface area contributed by atoms with Crippen molar-refractivity contribution in [2.24, 2.45) is 23.7 Å². The number of carbonyl (C=O) groups is 4. The van der Waals surface area contributed by atoms with Crippen LogP contribution >= 0.6 is 0 Å². The van der Waals surface area contributed by atoms with E-state index in [1.54, 1.807) is 51.8 Å². The minimum atomic E-state index is -2.02. The lowest BCUT2D eigenvalue weighted by Crippen LogP contribution is -2.46. The van der Waals surface area contributed by atoms with Gasteiger partial charge in [0.2, 0.25) is 0 Å². The van der Waals surface area contributed by atoms with Crippen LogP contribution in [0, 0.1) is 30.6 Å². The Kier molecular flexibility index (Phi) is 14.8. The fraction of sp³-hybridized carbons (Fsp3) is 0.565. The number of ether oxygens (including phenoxy) is 5. The van der Waals surface area contributed by atoms with E-state index in [4.69, 9.17) is 23.7 Å². The van der Waals surface area contributed by atoms with Crippen molar-refractivity contribution < 1.29 is 63.3 Å². The normalized spacial score (nSPS) is 30.2. The van der Waals surface area contributed by atoms with Gasteiger partial charge >= 0.3 is 11.8 Å². The van der Waals surface area contributed by atoms with E-state index in [9.17, 15) is 39.6 Å². The molecule has 1 aliphatic carbocycles. The molecule has 1 saturated carbocycles. The first-order valence-corrected chi connectivity index (χ1v) is 21.0. The van der Waals surface area contributed by atoms with Crippen molar-refractivity contribution in [1.82, 2.24) is 4.90 Å². The van der Waals surface area contributed by atoms with Crippen molar-refractivity contribution in [3.63, 3.8) is 0 Å². The number of allylic oxidation sites excluding steroid dienone is 2. The summed E-state index contributed by atoms with van der Waals surface area (Å²) in [5.74, 6) is -7.90. The van der Waals surface area contributed by atoms with Crippen molar-refractivity contribution >= 4 is 40.0 Å². The maximum Gasteiger partial charge on any atom is 0.312 e. The van der Waals surface area contributed by atoms with Crippen LogP contribution in [-0.2, 0) is 28.6 Å². The Hall–Kier alpha value is -5.12. The number of anilines is 1. The van der Waals surface area contributed by atoms with Gasteiger partial charge in [0.1, 0.15) is 23.4 Å². The van der Waals surface area contributed by atoms with E-state index in [1.165, 1.54) is 59.3 Å². The topological polar surface area (TPSA) is 211 Å². The Bertz CT molecular complexity index is 2090. The van der Waals surface area contributed by atoms with Gasteiger partial charge in [0, 0.05) is 80.3 Å². The van der Waals surface area contributed by atoms with Gasteiger partial charge in [-0.05, 0) is 32.8 Å². The smallest absolute Gasteiger partial charge is 0.312 e. The van der Waals surface area contributed by atoms with Gasteiger partial charge in [-0.3, -0.25) is 19.2 Å². The highest BCUT2D eigenvalue weighted by Gasteiger charge is 2.50. The summed E-state index contributed by atoms with van der Waals surface area (Å²) in [4.78, 5) is 55.7. The van der Waals surface area contributed by atoms with Crippen LogP contribution in [0.4, 0.5) is 5.69 Å². The SMILES string of the molecule is COC1/C=C/OC2(C)Oc3c(C)c(O)c4c(O)c(cc(OCC(=O)N(C)C5CCCCC5)c4c3C2=O)NC(=O)C(C)=C/C=C/C(C)C(O)C(C)C(O)C(C)C(OC(C)=O)C1C. The lowest BCUT2D eigenvalue weighted by atomic mass is 9.78. The number of methoxy groups -OCH3 is 1. The number of aliphatic hydroxyl groups excluding tert-OH is 2. The second-order valence-corrected chi connectivity index (χ2v) is 17.0. The number of hydrogen-bond acceptors (Lipinski definition) is 13. The molecule has 15 nitrogen and oxygen atoms in total. The van der Waals surface area contributed by atoms with Crippen molar-refractivity contribution in [3.8, 4) is 23.0 Å². The quantitative estimate of drug-likeness (QED) is 0.162. The maximum absolute atomic E-state index is 14.6. The number of likely N-dealkylation sites (N-methyl/N-ethyl adjacent to an activating group) is 1. The van der Waals surface area contributed by atoms with E-state index < -0.39 is 89.6 Å². The minimum absolute atomic E-state index is 0.0395. The summed E-state index contributed by atoms with van der Waals surface area (Å²) < 4.78 is 29.9. The predicted molar refractivity (Wildman–Crippen MR) is 227 cm³/mol. The van der Waals surface area contributed by atoms with Gasteiger partial charge in [0.25, 0.3) is 17.6 Å². The lowest BCUT2D eigenvalue weighted by molar-refractivity contribution is -0.160. The number of phenolic OH excluding ortho intramolecular Hbond substituents is 2. The molecule has 0 aromatic heterocycles. The number of nitrogens with one attached hydrogen (secondary N) is 1. The van der Waals surface area contributed by atoms with Crippen molar-refractivity contribution in [1.29, 1.82) is 0 Å². The summed E-state index contributed by atoms with van der Waals surface area (Å²) in [6.07, 6.45) is 8.48. The number of rotatable bonds is 6. The molecule has 0 spiro atoms. The molecule has 6 rings (SSSR count). The molecule has 1 fully saturated rings. The molecule has 5 N–H and O–H groups in total. The maximum atomic E-state index is 14.6. The van der Waals surface area contributed by atoms with E-state index in [1.807, 2.05) is 0 Å². The van der Waals surface area contributed by atoms with Crippen LogP contribution < -0.4 is 14.8 Å². The van der Waals surface area contributed by atoms with Gasteiger partial charge in [-0.2, -0.15) is 0 Å². The average molecular weight is 851 g/mol. The molecule has 15 heteroatoms. The monoisotopic (exact) mass is 850 g/mol. The molecule has 5 bridgehead atoms. The average Bonchev–Trinajstić information content (AvgIpc) is 3.50. The van der Waals surface area contributed by atoms with E-state index in [0.717, 1.165) is 32.1 Å². The Balaban J connectivity index is 1.65. The van der Waals surface area contributed by atoms with E-state index in [0.29, 0.717) is 0 Å². The molecule has 2 aromatic carbocycles. The molecule has 61 heavy (non-hydrogen) atoms. The molecule has 3 heterocycles. The van der Waals surface area contributed by atoms with Crippen molar-refractivity contribution in [2.45, 2.75) is 124 Å². The van der Waals surface area contributed by atoms with Crippen LogP contribution in [0.25, 0.3) is 10.8 Å². The number of aliphatic hydroxyl groups is 2. The highest BCUT2D eigenvalue weighted by molar-refractivity contribution is 6.21. The van der Waals surface area contributed by atoms with Crippen molar-refractivity contribution in [2.75, 3.05) is 26.1 Å². The highest BCUT2D eigenvalue weighted by atomic mass is 16.7. The minimum Gasteiger partial charge on any atom is -0.507 e. The van der Waals surface area contributed by atoms with Gasteiger partial charge in [-0.15, -0.1) is 0 Å². The number of carbonyl (C=O) groups excluding carboxylic acids is 4. The van der Waals surface area contributed by atoms with Gasteiger partial charge < -0.3 is 54.3 Å². The molecule has 9 unspecified atom stereocenters. The van der Waals surface area contributed by atoms with Crippen LogP contribution in [0.5, 0.6) is 23.0 Å². The third-order valence-corrected chi connectivity index (χ3v) is 12.7. The first-order chi connectivity index (χ1) is 28.7. The Morgan fingerprint density at radius 1 is 0.951 bits per heavy atom. The number of nitrogens with zero attached hydrogens (tertiary/aromatic N) is 1. The zero-order valence-electron chi connectivity index (χ0n) is 36.8. The van der Waals surface area contributed by atoms with Crippen LogP contribution in [0.2, 0.25) is 0 Å². The van der Waals surface area contributed by atoms with Crippen LogP contribution in [0.15, 0.2) is 42.2 Å². The predicted octanol–water partition coefficient (Wildman–Crippen LogP) is 6.22. The zero-order valence-corrected chi connectivity index (χ0v) is 36.8. The first-order valence-electron chi connectivity index (χ1n) is 21.0. The van der Waals surface area contributed by atoms with Gasteiger partial charge in [0.15, 0.2) is 12.4 Å². The summed E-state index contributed by atoms with van der Waals surface area (Å²) in [7, 11) is 3.16. The van der Waals surface area contributed by atoms with E-state index in [-0.39, 0.29) is 56.6 Å². The molecular formula is C46H62N2O13. The molecule has 0 saturated heterocycles. The van der Waals surface area contributed by atoms with Gasteiger partial charge in [-0.1, -0.05) is 65.2 Å². The Morgan fingerprint density at radius 3 is 2.26 bits per heavy atom. The molecule has 2 aromatic rings. The molecule has 4 aliphatic rings. The highest BCUT2D eigenvalue weighted by Crippen LogP contribution is 2.54. The second-order valence-electron chi connectivity index (χ2n) is 17.0. The number of aromatic hydroxyl groups is 2. The fourth-order valence-corrected chi connectivity index (χ4v) is 8.66.